The molecular weight excluding hydrogens is 602 g/mol. The van der Waals surface area contributed by atoms with Gasteiger partial charge in [-0.3, -0.25) is 4.79 Å². The average Bonchev–Trinajstić information content (AvgIpc) is 3.00. The van der Waals surface area contributed by atoms with E-state index >= 15 is 0 Å². The molecule has 1 N–H and O–H groups in total. The Hall–Kier alpha value is -3.33. The van der Waals surface area contributed by atoms with Gasteiger partial charge >= 0.3 is 12.4 Å². The van der Waals surface area contributed by atoms with Crippen LogP contribution in [0.3, 0.4) is 0 Å². The molecular formula is C37H42F6N2O. The van der Waals surface area contributed by atoms with Gasteiger partial charge in [0, 0.05) is 6.04 Å². The summed E-state index contributed by atoms with van der Waals surface area (Å²) >= 11 is 0. The van der Waals surface area contributed by atoms with Crippen molar-refractivity contribution in [3.63, 3.8) is 0 Å². The van der Waals surface area contributed by atoms with Gasteiger partial charge in [-0.2, -0.15) is 26.3 Å². The lowest BCUT2D eigenvalue weighted by Gasteiger charge is -2.46. The van der Waals surface area contributed by atoms with E-state index in [1.807, 2.05) is 36.4 Å². The molecule has 3 nitrogen and oxygen atoms in total. The van der Waals surface area contributed by atoms with E-state index in [1.54, 1.807) is 6.92 Å². The van der Waals surface area contributed by atoms with Crippen molar-refractivity contribution in [1.82, 2.24) is 10.2 Å². The summed E-state index contributed by atoms with van der Waals surface area (Å²) in [5, 5.41) is 3.24. The van der Waals surface area contributed by atoms with Crippen molar-refractivity contribution in [2.75, 3.05) is 13.1 Å². The van der Waals surface area contributed by atoms with E-state index in [4.69, 9.17) is 0 Å². The van der Waals surface area contributed by atoms with Gasteiger partial charge in [0.1, 0.15) is 0 Å². The van der Waals surface area contributed by atoms with E-state index < -0.39 is 42.6 Å². The molecule has 46 heavy (non-hydrogen) atoms. The molecule has 1 heterocycles. The highest BCUT2D eigenvalue weighted by Gasteiger charge is 2.41. The number of piperidine rings is 1. The van der Waals surface area contributed by atoms with Gasteiger partial charge in [-0.1, -0.05) is 78.9 Å². The maximum Gasteiger partial charge on any atom is 0.393 e. The standard InChI is InChI=1S/C37H42F6N2O/c1-26(31-22-29(24-36(38,39)40)21-30(23-31)25-37(41,42)43)34(46)44-35(32-10-6-3-7-11-32)16-12-33(13-17-35)45-18-14-28(15-19-45)20-27-8-4-2-5-9-27/h2-11,21-23,26,28,33H,12-20,24-25H2,1H3,(H,44,46). The first kappa shape index (κ1) is 34.0. The number of hydrogen-bond donors (Lipinski definition) is 1. The second kappa shape index (κ2) is 14.2. The molecule has 5 rings (SSSR count). The van der Waals surface area contributed by atoms with Crippen LogP contribution in [-0.4, -0.2) is 42.3 Å². The van der Waals surface area contributed by atoms with Crippen LogP contribution in [0.2, 0.25) is 0 Å². The lowest BCUT2D eigenvalue weighted by molar-refractivity contribution is -0.127. The van der Waals surface area contributed by atoms with Gasteiger partial charge in [-0.15, -0.1) is 0 Å². The first-order chi connectivity index (χ1) is 21.8. The summed E-state index contributed by atoms with van der Waals surface area (Å²) in [6.45, 7) is 3.63. The van der Waals surface area contributed by atoms with Crippen molar-refractivity contribution >= 4 is 5.91 Å². The first-order valence-corrected chi connectivity index (χ1v) is 16.2. The summed E-state index contributed by atoms with van der Waals surface area (Å²) in [5.41, 5.74) is 1.24. The summed E-state index contributed by atoms with van der Waals surface area (Å²) in [6.07, 6.45) is -5.38. The van der Waals surface area contributed by atoms with E-state index in [9.17, 15) is 31.1 Å². The van der Waals surface area contributed by atoms with E-state index in [0.29, 0.717) is 24.8 Å². The Labute approximate surface area is 267 Å². The Bertz CT molecular complexity index is 1390. The third-order valence-electron chi connectivity index (χ3n) is 9.81. The lowest BCUT2D eigenvalue weighted by atomic mass is 9.73. The Morgan fingerprint density at radius 3 is 1.83 bits per heavy atom. The Morgan fingerprint density at radius 1 is 0.783 bits per heavy atom. The number of benzene rings is 3. The summed E-state index contributed by atoms with van der Waals surface area (Å²) in [5.74, 6) is -0.689. The van der Waals surface area contributed by atoms with Crippen LogP contribution in [0.5, 0.6) is 0 Å². The second-order valence-corrected chi connectivity index (χ2v) is 13.2. The van der Waals surface area contributed by atoms with Gasteiger partial charge in [0.05, 0.1) is 24.3 Å². The number of alkyl halides is 6. The minimum Gasteiger partial charge on any atom is -0.346 e. The number of carbonyl (C=O) groups excluding carboxylic acids is 1. The monoisotopic (exact) mass is 644 g/mol. The van der Waals surface area contributed by atoms with Crippen LogP contribution in [0.4, 0.5) is 26.3 Å². The van der Waals surface area contributed by atoms with Crippen LogP contribution in [0.1, 0.15) is 79.2 Å². The van der Waals surface area contributed by atoms with E-state index in [2.05, 4.69) is 34.5 Å². The zero-order chi connectivity index (χ0) is 33.0. The third kappa shape index (κ3) is 9.14. The number of carbonyl (C=O) groups is 1. The summed E-state index contributed by atoms with van der Waals surface area (Å²) in [6, 6.07) is 24.0. The number of likely N-dealkylation sites (tertiary alicyclic amines) is 1. The normalized spacial score (nSPS) is 22.4. The van der Waals surface area contributed by atoms with Gasteiger partial charge in [-0.05, 0) is 98.7 Å². The molecule has 1 aliphatic carbocycles. The highest BCUT2D eigenvalue weighted by Crippen LogP contribution is 2.40. The fourth-order valence-electron chi connectivity index (χ4n) is 7.38. The maximum absolute atomic E-state index is 13.8. The van der Waals surface area contributed by atoms with Gasteiger partial charge in [0.2, 0.25) is 5.91 Å². The summed E-state index contributed by atoms with van der Waals surface area (Å²) in [4.78, 5) is 16.4. The lowest BCUT2D eigenvalue weighted by Crippen LogP contribution is -2.53. The van der Waals surface area contributed by atoms with Crippen molar-refractivity contribution in [2.24, 2.45) is 5.92 Å². The van der Waals surface area contributed by atoms with Gasteiger partial charge in [0.25, 0.3) is 0 Å². The largest absolute Gasteiger partial charge is 0.393 e. The Kier molecular flexibility index (Phi) is 10.5. The number of halogens is 6. The zero-order valence-electron chi connectivity index (χ0n) is 26.1. The Balaban J connectivity index is 1.28. The molecule has 1 amide bonds. The fraction of sp³-hybridized carbons (Fsp3) is 0.486. The van der Waals surface area contributed by atoms with Crippen LogP contribution in [0.25, 0.3) is 0 Å². The van der Waals surface area contributed by atoms with Gasteiger partial charge in [-0.25, -0.2) is 0 Å². The number of rotatable bonds is 9. The zero-order valence-corrected chi connectivity index (χ0v) is 26.1. The van der Waals surface area contributed by atoms with Crippen LogP contribution in [0, 0.1) is 5.92 Å². The SMILES string of the molecule is CC(C(=O)NC1(c2ccccc2)CCC(N2CCC(Cc3ccccc3)CC2)CC1)c1cc(CC(F)(F)F)cc(CC(F)(F)F)c1. The molecule has 0 bridgehead atoms. The van der Waals surface area contributed by atoms with Crippen LogP contribution >= 0.6 is 0 Å². The first-order valence-electron chi connectivity index (χ1n) is 16.2. The fourth-order valence-corrected chi connectivity index (χ4v) is 7.38. The molecule has 3 aromatic carbocycles. The minimum absolute atomic E-state index is 0.147. The molecule has 1 atom stereocenters. The molecule has 0 radical (unpaired) electrons. The van der Waals surface area contributed by atoms with E-state index in [-0.39, 0.29) is 16.7 Å². The Morgan fingerprint density at radius 2 is 1.30 bits per heavy atom. The van der Waals surface area contributed by atoms with E-state index in [0.717, 1.165) is 56.8 Å². The molecule has 0 spiro atoms. The highest BCUT2D eigenvalue weighted by atomic mass is 19.4. The number of nitrogens with one attached hydrogen (secondary N) is 1. The predicted octanol–water partition coefficient (Wildman–Crippen LogP) is 8.91. The molecule has 1 saturated carbocycles. The molecule has 1 aliphatic heterocycles. The molecule has 1 unspecified atom stereocenters. The average molecular weight is 645 g/mol. The number of amides is 1. The smallest absolute Gasteiger partial charge is 0.346 e. The molecule has 3 aromatic rings. The van der Waals surface area contributed by atoms with Crippen molar-refractivity contribution < 1.29 is 31.1 Å². The number of hydrogen-bond acceptors (Lipinski definition) is 2. The van der Waals surface area contributed by atoms with E-state index in [1.165, 1.54) is 17.7 Å². The molecule has 2 fully saturated rings. The van der Waals surface area contributed by atoms with Crippen molar-refractivity contribution in [1.29, 1.82) is 0 Å². The van der Waals surface area contributed by atoms with Crippen molar-refractivity contribution in [3.05, 3.63) is 107 Å². The topological polar surface area (TPSA) is 32.3 Å². The molecule has 248 valence electrons. The molecule has 0 aromatic heterocycles. The molecule has 2 aliphatic rings. The highest BCUT2D eigenvalue weighted by molar-refractivity contribution is 5.84. The summed E-state index contributed by atoms with van der Waals surface area (Å²) < 4.78 is 79.3. The molecule has 9 heteroatoms. The maximum atomic E-state index is 13.8. The van der Waals surface area contributed by atoms with Crippen LogP contribution in [0.15, 0.2) is 78.9 Å². The van der Waals surface area contributed by atoms with Gasteiger partial charge < -0.3 is 10.2 Å². The third-order valence-corrected chi connectivity index (χ3v) is 9.81. The predicted molar refractivity (Wildman–Crippen MR) is 167 cm³/mol. The van der Waals surface area contributed by atoms with Crippen molar-refractivity contribution in [2.45, 2.75) is 94.6 Å². The minimum atomic E-state index is -4.59. The van der Waals surface area contributed by atoms with Crippen LogP contribution in [-0.2, 0) is 29.6 Å². The van der Waals surface area contributed by atoms with Crippen molar-refractivity contribution in [3.8, 4) is 0 Å². The quantitative estimate of drug-likeness (QED) is 0.236. The summed E-state index contributed by atoms with van der Waals surface area (Å²) in [7, 11) is 0. The number of nitrogens with zero attached hydrogens (tertiary/aromatic N) is 1. The van der Waals surface area contributed by atoms with Gasteiger partial charge in [0.15, 0.2) is 0 Å². The molecule has 1 saturated heterocycles. The van der Waals surface area contributed by atoms with Crippen LogP contribution < -0.4 is 5.32 Å². The second-order valence-electron chi connectivity index (χ2n) is 13.2.